The molecule has 1 aromatic carbocycles. The molecule has 146 valence electrons. The maximum absolute atomic E-state index is 13.3. The number of hydrogen-bond acceptors (Lipinski definition) is 3. The summed E-state index contributed by atoms with van der Waals surface area (Å²) < 4.78 is 38.3. The van der Waals surface area contributed by atoms with Crippen molar-refractivity contribution in [2.45, 2.75) is 39.3 Å². The van der Waals surface area contributed by atoms with Crippen LogP contribution in [0.1, 0.15) is 43.5 Å². The maximum Gasteiger partial charge on any atom is 0.285 e. The summed E-state index contributed by atoms with van der Waals surface area (Å²) in [5.41, 5.74) is 4.91. The molecule has 0 fully saturated rings. The number of unbranched alkanes of at least 4 members (excludes halogenated alkanes) is 1. The Bertz CT molecular complexity index is 782. The van der Waals surface area contributed by atoms with Gasteiger partial charge in [0.2, 0.25) is 0 Å². The number of alkyl halides is 2. The van der Waals surface area contributed by atoms with E-state index in [1.807, 2.05) is 19.2 Å². The van der Waals surface area contributed by atoms with Gasteiger partial charge < -0.3 is 5.73 Å². The van der Waals surface area contributed by atoms with E-state index in [9.17, 15) is 13.2 Å². The summed E-state index contributed by atoms with van der Waals surface area (Å²) >= 11 is 0. The van der Waals surface area contributed by atoms with E-state index in [0.717, 1.165) is 29.8 Å². The lowest BCUT2D eigenvalue weighted by Gasteiger charge is -2.08. The second kappa shape index (κ2) is 10.8. The topological polar surface area (TPSA) is 51.3 Å². The van der Waals surface area contributed by atoms with Gasteiger partial charge in [0.15, 0.2) is 0 Å². The lowest BCUT2D eigenvalue weighted by atomic mass is 10.1. The van der Waals surface area contributed by atoms with Crippen molar-refractivity contribution in [3.05, 3.63) is 65.2 Å². The molecule has 1 aromatic heterocycles. The number of anilines is 1. The first kappa shape index (κ1) is 22.8. The van der Waals surface area contributed by atoms with Gasteiger partial charge in [-0.15, -0.1) is 0 Å². The predicted octanol–water partition coefficient (Wildman–Crippen LogP) is 5.95. The Kier molecular flexibility index (Phi) is 9.16. The van der Waals surface area contributed by atoms with Crippen LogP contribution in [0.4, 0.5) is 18.9 Å². The molecule has 0 bridgehead atoms. The maximum atomic E-state index is 13.3. The van der Waals surface area contributed by atoms with Gasteiger partial charge in [0.25, 0.3) is 5.66 Å². The molecule has 0 aliphatic carbocycles. The Morgan fingerprint density at radius 3 is 2.48 bits per heavy atom. The summed E-state index contributed by atoms with van der Waals surface area (Å²) in [6.07, 6.45) is 6.87. The molecule has 0 aliphatic rings. The van der Waals surface area contributed by atoms with Gasteiger partial charge in [-0.25, -0.2) is 4.39 Å². The van der Waals surface area contributed by atoms with Crippen LogP contribution in [0.3, 0.4) is 0 Å². The molecular formula is C20H25F3N3P. The van der Waals surface area contributed by atoms with Crippen LogP contribution < -0.4 is 5.73 Å². The zero-order valence-electron chi connectivity index (χ0n) is 15.7. The molecule has 0 aliphatic heterocycles. The van der Waals surface area contributed by atoms with Crippen molar-refractivity contribution in [1.29, 1.82) is 0 Å². The molecule has 1 atom stereocenters. The average Bonchev–Trinajstić information content (AvgIpc) is 2.61. The Labute approximate surface area is 160 Å². The minimum Gasteiger partial charge on any atom is -0.396 e. The molecule has 0 amide bonds. The van der Waals surface area contributed by atoms with Gasteiger partial charge in [-0.05, 0) is 44.5 Å². The van der Waals surface area contributed by atoms with Crippen LogP contribution in [0.25, 0.3) is 5.70 Å². The minimum atomic E-state index is -2.86. The molecule has 0 radical (unpaired) electrons. The first-order chi connectivity index (χ1) is 12.7. The number of nitrogen functional groups attached to an aromatic ring is 1. The van der Waals surface area contributed by atoms with E-state index in [1.54, 1.807) is 25.1 Å². The van der Waals surface area contributed by atoms with E-state index in [0.29, 0.717) is 0 Å². The third-order valence-electron chi connectivity index (χ3n) is 3.51. The van der Waals surface area contributed by atoms with Crippen LogP contribution >= 0.6 is 9.24 Å². The normalized spacial score (nSPS) is 12.0. The van der Waals surface area contributed by atoms with Gasteiger partial charge in [0.05, 0.1) is 11.4 Å². The number of nitrogens with two attached hydrogens (primary N) is 1. The number of hydrogen-bond donors (Lipinski definition) is 1. The molecule has 3 nitrogen and oxygen atoms in total. The van der Waals surface area contributed by atoms with Crippen LogP contribution in [-0.2, 0) is 5.66 Å². The summed E-state index contributed by atoms with van der Waals surface area (Å²) in [5.74, 6) is -0.400. The first-order valence-electron chi connectivity index (χ1n) is 8.53. The molecule has 0 saturated heterocycles. The van der Waals surface area contributed by atoms with E-state index < -0.39 is 11.5 Å². The number of aryl methyl sites for hydroxylation is 1. The Morgan fingerprint density at radius 1 is 1.30 bits per heavy atom. The van der Waals surface area contributed by atoms with Crippen molar-refractivity contribution in [1.82, 2.24) is 4.98 Å². The van der Waals surface area contributed by atoms with Gasteiger partial charge in [0.1, 0.15) is 5.82 Å². The van der Waals surface area contributed by atoms with Gasteiger partial charge in [-0.1, -0.05) is 34.7 Å². The summed E-state index contributed by atoms with van der Waals surface area (Å²) in [7, 11) is 1.47. The summed E-state index contributed by atoms with van der Waals surface area (Å²) in [5, 5.41) is 0. The molecule has 2 N–H and O–H groups in total. The van der Waals surface area contributed by atoms with Crippen molar-refractivity contribution >= 4 is 26.8 Å². The molecule has 2 rings (SSSR count). The number of aliphatic imine (C=N–C) groups is 1. The van der Waals surface area contributed by atoms with Gasteiger partial charge in [-0.2, -0.15) is 8.78 Å². The predicted molar refractivity (Wildman–Crippen MR) is 110 cm³/mol. The van der Waals surface area contributed by atoms with Gasteiger partial charge >= 0.3 is 0 Å². The van der Waals surface area contributed by atoms with Crippen LogP contribution in [0, 0.1) is 12.7 Å². The number of allylic oxidation sites excluding steroid dienone is 1. The van der Waals surface area contributed by atoms with Crippen molar-refractivity contribution in [3.8, 4) is 0 Å². The zero-order valence-corrected chi connectivity index (χ0v) is 16.9. The van der Waals surface area contributed by atoms with Gasteiger partial charge in [0, 0.05) is 29.2 Å². The highest BCUT2D eigenvalue weighted by molar-refractivity contribution is 7.17. The quantitative estimate of drug-likeness (QED) is 0.386. The molecule has 2 aromatic rings. The van der Waals surface area contributed by atoms with E-state index in [4.69, 9.17) is 5.73 Å². The van der Waals surface area contributed by atoms with Crippen molar-refractivity contribution < 1.29 is 13.2 Å². The molecular weight excluding hydrogens is 370 g/mol. The number of pyridine rings is 1. The lowest BCUT2D eigenvalue weighted by Crippen LogP contribution is -2.02. The van der Waals surface area contributed by atoms with Crippen molar-refractivity contribution in [2.75, 3.05) is 5.73 Å². The fraction of sp³-hybridized carbons (Fsp3) is 0.300. The van der Waals surface area contributed by atoms with Crippen molar-refractivity contribution in [3.63, 3.8) is 0 Å². The largest absolute Gasteiger partial charge is 0.396 e. The second-order valence-electron chi connectivity index (χ2n) is 5.82. The highest BCUT2D eigenvalue weighted by atomic mass is 31.0. The second-order valence-corrected chi connectivity index (χ2v) is 6.55. The highest BCUT2D eigenvalue weighted by Crippen LogP contribution is 2.33. The van der Waals surface area contributed by atoms with E-state index in [2.05, 4.69) is 16.9 Å². The molecule has 27 heavy (non-hydrogen) atoms. The average molecular weight is 395 g/mol. The summed E-state index contributed by atoms with van der Waals surface area (Å²) in [6.45, 7) is 5.72. The number of aromatic nitrogens is 1. The Hall–Kier alpha value is -2.20. The Morgan fingerprint density at radius 2 is 2.00 bits per heavy atom. The number of halogens is 3. The highest BCUT2D eigenvalue weighted by Gasteiger charge is 2.24. The number of rotatable bonds is 5. The summed E-state index contributed by atoms with van der Waals surface area (Å²) in [4.78, 5) is 8.05. The molecule has 7 heteroatoms. The molecule has 1 heterocycles. The Balaban J connectivity index is 0.000000289. The smallest absolute Gasteiger partial charge is 0.285 e. The first-order valence-corrected chi connectivity index (χ1v) is 9.10. The minimum absolute atomic E-state index is 0.0758. The zero-order chi connectivity index (χ0) is 20.4. The SMILES string of the molecule is C/C=C(\N=CCCC)c1ccc(N)c(F)c1.Cc1ccc(C(F)(F)P)cn1. The lowest BCUT2D eigenvalue weighted by molar-refractivity contribution is 0.103. The molecule has 1 unspecified atom stereocenters. The van der Waals surface area contributed by atoms with Gasteiger partial charge in [-0.3, -0.25) is 9.98 Å². The van der Waals surface area contributed by atoms with E-state index in [-0.39, 0.29) is 11.3 Å². The summed E-state index contributed by atoms with van der Waals surface area (Å²) in [6, 6.07) is 7.68. The third kappa shape index (κ3) is 7.92. The number of nitrogens with zero attached hydrogens (tertiary/aromatic N) is 2. The van der Waals surface area contributed by atoms with E-state index >= 15 is 0 Å². The monoisotopic (exact) mass is 395 g/mol. The molecule has 0 spiro atoms. The fourth-order valence-electron chi connectivity index (χ4n) is 1.96. The van der Waals surface area contributed by atoms with Crippen molar-refractivity contribution in [2.24, 2.45) is 4.99 Å². The molecule has 0 saturated carbocycles. The van der Waals surface area contributed by atoms with Crippen LogP contribution in [0.15, 0.2) is 47.6 Å². The standard InChI is InChI=1S/C13H17FN2.C7H8F2NP/c1-3-5-8-16-13(4-2)10-6-7-12(15)11(14)9-10;1-5-2-3-6(4-10-5)7(8,9)11/h4,6-9H,3,5,15H2,1-2H3;2-4H,11H2,1H3/b13-4-,16-8?;. The third-order valence-corrected chi connectivity index (χ3v) is 3.85. The number of benzene rings is 1. The van der Waals surface area contributed by atoms with Crippen LogP contribution in [0.2, 0.25) is 0 Å². The van der Waals surface area contributed by atoms with Crippen LogP contribution in [-0.4, -0.2) is 11.2 Å². The van der Waals surface area contributed by atoms with Crippen LogP contribution in [0.5, 0.6) is 0 Å². The fourth-order valence-corrected chi connectivity index (χ4v) is 2.13. The van der Waals surface area contributed by atoms with E-state index in [1.165, 1.54) is 27.6 Å².